The first-order chi connectivity index (χ1) is 8.31. The van der Waals surface area contributed by atoms with E-state index in [0.29, 0.717) is 0 Å². The SMILES string of the molecule is CC(C)C(=O)c1c(C#N)cc(O)c(O)c1[N+](=O)[O-]. The third-order valence-corrected chi connectivity index (χ3v) is 2.33. The first kappa shape index (κ1) is 13.4. The second-order valence-corrected chi connectivity index (χ2v) is 3.90. The van der Waals surface area contributed by atoms with Crippen molar-refractivity contribution >= 4 is 11.5 Å². The molecule has 0 aliphatic rings. The molecule has 0 heterocycles. The molecule has 18 heavy (non-hydrogen) atoms. The molecule has 1 aromatic carbocycles. The number of nitro groups is 1. The van der Waals surface area contributed by atoms with Gasteiger partial charge in [-0.15, -0.1) is 0 Å². The minimum absolute atomic E-state index is 0.337. The summed E-state index contributed by atoms with van der Waals surface area (Å²) in [5.74, 6) is -3.05. The molecule has 0 unspecified atom stereocenters. The van der Waals surface area contributed by atoms with Crippen LogP contribution in [0.3, 0.4) is 0 Å². The van der Waals surface area contributed by atoms with Crippen LogP contribution in [0.1, 0.15) is 29.8 Å². The Morgan fingerprint density at radius 3 is 2.44 bits per heavy atom. The van der Waals surface area contributed by atoms with Gasteiger partial charge < -0.3 is 10.2 Å². The molecular weight excluding hydrogens is 240 g/mol. The van der Waals surface area contributed by atoms with Gasteiger partial charge in [0, 0.05) is 12.0 Å². The molecule has 7 nitrogen and oxygen atoms in total. The normalized spacial score (nSPS) is 10.1. The minimum atomic E-state index is -1.01. The minimum Gasteiger partial charge on any atom is -0.504 e. The molecule has 0 aromatic heterocycles. The van der Waals surface area contributed by atoms with Gasteiger partial charge in [0.2, 0.25) is 5.75 Å². The van der Waals surface area contributed by atoms with Gasteiger partial charge in [-0.3, -0.25) is 14.9 Å². The van der Waals surface area contributed by atoms with E-state index in [9.17, 15) is 25.1 Å². The summed E-state index contributed by atoms with van der Waals surface area (Å²) in [5, 5.41) is 38.5. The number of carbonyl (C=O) groups is 1. The highest BCUT2D eigenvalue weighted by Crippen LogP contribution is 2.40. The quantitative estimate of drug-likeness (QED) is 0.364. The van der Waals surface area contributed by atoms with E-state index in [1.807, 2.05) is 0 Å². The molecule has 0 atom stereocenters. The van der Waals surface area contributed by atoms with Gasteiger partial charge >= 0.3 is 5.69 Å². The molecule has 0 spiro atoms. The predicted octanol–water partition coefficient (Wildman–Crippen LogP) is 1.72. The van der Waals surface area contributed by atoms with Crippen LogP contribution in [0.2, 0.25) is 0 Å². The lowest BCUT2D eigenvalue weighted by Crippen LogP contribution is -2.12. The van der Waals surface area contributed by atoms with E-state index in [1.165, 1.54) is 13.8 Å². The number of nitro benzene ring substituents is 1. The van der Waals surface area contributed by atoms with E-state index in [1.54, 1.807) is 6.07 Å². The largest absolute Gasteiger partial charge is 0.504 e. The first-order valence-corrected chi connectivity index (χ1v) is 4.98. The number of phenols is 2. The van der Waals surface area contributed by atoms with Crippen molar-refractivity contribution in [2.24, 2.45) is 5.92 Å². The van der Waals surface area contributed by atoms with E-state index >= 15 is 0 Å². The van der Waals surface area contributed by atoms with Crippen molar-refractivity contribution in [2.45, 2.75) is 13.8 Å². The van der Waals surface area contributed by atoms with Crippen molar-refractivity contribution in [1.82, 2.24) is 0 Å². The zero-order valence-electron chi connectivity index (χ0n) is 9.67. The number of carbonyl (C=O) groups excluding carboxylic acids is 1. The van der Waals surface area contributed by atoms with Crippen molar-refractivity contribution in [1.29, 1.82) is 5.26 Å². The Morgan fingerprint density at radius 1 is 1.50 bits per heavy atom. The second kappa shape index (κ2) is 4.71. The van der Waals surface area contributed by atoms with Crippen molar-refractivity contribution in [2.75, 3.05) is 0 Å². The van der Waals surface area contributed by atoms with Gasteiger partial charge in [0.15, 0.2) is 11.5 Å². The highest BCUT2D eigenvalue weighted by atomic mass is 16.6. The highest BCUT2D eigenvalue weighted by Gasteiger charge is 2.32. The lowest BCUT2D eigenvalue weighted by molar-refractivity contribution is -0.386. The van der Waals surface area contributed by atoms with E-state index in [2.05, 4.69) is 0 Å². The van der Waals surface area contributed by atoms with E-state index in [0.717, 1.165) is 6.07 Å². The molecule has 0 bridgehead atoms. The highest BCUT2D eigenvalue weighted by molar-refractivity contribution is 6.04. The predicted molar refractivity (Wildman–Crippen MR) is 60.3 cm³/mol. The molecule has 2 N–H and O–H groups in total. The van der Waals surface area contributed by atoms with Crippen LogP contribution in [0.4, 0.5) is 5.69 Å². The fourth-order valence-electron chi connectivity index (χ4n) is 1.45. The maximum absolute atomic E-state index is 11.9. The summed E-state index contributed by atoms with van der Waals surface area (Å²) >= 11 is 0. The number of aromatic hydroxyl groups is 2. The number of nitriles is 1. The lowest BCUT2D eigenvalue weighted by Gasteiger charge is -2.09. The standard InChI is InChI=1S/C11H10N2O5/c1-5(2)10(15)8-6(4-12)3-7(14)11(16)9(8)13(17)18/h3,5,14,16H,1-2H3. The Hall–Kier alpha value is -2.62. The summed E-state index contributed by atoms with van der Waals surface area (Å²) in [7, 11) is 0. The van der Waals surface area contributed by atoms with Gasteiger partial charge in [0.05, 0.1) is 10.5 Å². The number of phenolic OH excluding ortho intramolecular Hbond substituents is 2. The molecule has 1 rings (SSSR count). The Bertz CT molecular complexity index is 572. The Balaban J connectivity index is 3.76. The summed E-state index contributed by atoms with van der Waals surface area (Å²) in [6, 6.07) is 2.43. The van der Waals surface area contributed by atoms with Crippen LogP contribution in [-0.2, 0) is 0 Å². The van der Waals surface area contributed by atoms with Crippen molar-refractivity contribution in [3.8, 4) is 17.6 Å². The van der Waals surface area contributed by atoms with E-state index in [-0.39, 0.29) is 5.56 Å². The second-order valence-electron chi connectivity index (χ2n) is 3.90. The summed E-state index contributed by atoms with van der Waals surface area (Å²) in [6.45, 7) is 3.02. The molecule has 0 saturated heterocycles. The number of benzene rings is 1. The van der Waals surface area contributed by atoms with E-state index < -0.39 is 39.4 Å². The van der Waals surface area contributed by atoms with Crippen molar-refractivity contribution in [3.63, 3.8) is 0 Å². The van der Waals surface area contributed by atoms with Gasteiger partial charge in [0.1, 0.15) is 11.6 Å². The van der Waals surface area contributed by atoms with Crippen molar-refractivity contribution in [3.05, 3.63) is 27.3 Å². The van der Waals surface area contributed by atoms with Gasteiger partial charge in [-0.25, -0.2) is 0 Å². The molecule has 0 aliphatic carbocycles. The fourth-order valence-corrected chi connectivity index (χ4v) is 1.45. The molecule has 7 heteroatoms. The number of hydrogen-bond donors (Lipinski definition) is 2. The van der Waals surface area contributed by atoms with Crippen LogP contribution < -0.4 is 0 Å². The zero-order chi connectivity index (χ0) is 14.0. The Kier molecular flexibility index (Phi) is 3.52. The molecule has 0 saturated carbocycles. The Morgan fingerprint density at radius 2 is 2.06 bits per heavy atom. The monoisotopic (exact) mass is 250 g/mol. The Labute approximate surface area is 102 Å². The van der Waals surface area contributed by atoms with E-state index in [4.69, 9.17) is 5.26 Å². The van der Waals surface area contributed by atoms with Gasteiger partial charge in [0.25, 0.3) is 0 Å². The van der Waals surface area contributed by atoms with Gasteiger partial charge in [-0.1, -0.05) is 13.8 Å². The van der Waals surface area contributed by atoms with Crippen LogP contribution in [0.15, 0.2) is 6.07 Å². The number of rotatable bonds is 3. The lowest BCUT2D eigenvalue weighted by atomic mass is 9.94. The van der Waals surface area contributed by atoms with Crippen LogP contribution in [-0.4, -0.2) is 20.9 Å². The molecule has 0 amide bonds. The number of Topliss-reactive ketones (excluding diaryl/α,β-unsaturated/α-hetero) is 1. The molecule has 0 fully saturated rings. The van der Waals surface area contributed by atoms with Crippen LogP contribution >= 0.6 is 0 Å². The van der Waals surface area contributed by atoms with Gasteiger partial charge in [-0.05, 0) is 0 Å². The summed E-state index contributed by atoms with van der Waals surface area (Å²) in [5.41, 5.74) is -1.76. The van der Waals surface area contributed by atoms with Crippen LogP contribution in [0.5, 0.6) is 11.5 Å². The maximum atomic E-state index is 11.9. The summed E-state index contributed by atoms with van der Waals surface area (Å²) < 4.78 is 0. The smallest absolute Gasteiger partial charge is 0.326 e. The average Bonchev–Trinajstić information content (AvgIpc) is 2.30. The fraction of sp³-hybridized carbons (Fsp3) is 0.273. The zero-order valence-corrected chi connectivity index (χ0v) is 9.67. The number of ketones is 1. The molecule has 1 aromatic rings. The maximum Gasteiger partial charge on any atom is 0.326 e. The first-order valence-electron chi connectivity index (χ1n) is 4.98. The summed E-state index contributed by atoms with van der Waals surface area (Å²) in [4.78, 5) is 21.7. The van der Waals surface area contributed by atoms with Crippen LogP contribution in [0.25, 0.3) is 0 Å². The average molecular weight is 250 g/mol. The molecule has 0 radical (unpaired) electrons. The van der Waals surface area contributed by atoms with Crippen molar-refractivity contribution < 1.29 is 19.9 Å². The number of hydrogen-bond acceptors (Lipinski definition) is 6. The topological polar surface area (TPSA) is 124 Å². The summed E-state index contributed by atoms with van der Waals surface area (Å²) in [6.07, 6.45) is 0. The third kappa shape index (κ3) is 2.08. The molecule has 0 aliphatic heterocycles. The third-order valence-electron chi connectivity index (χ3n) is 2.33. The van der Waals surface area contributed by atoms with Gasteiger partial charge in [-0.2, -0.15) is 5.26 Å². The molecular formula is C11H10N2O5. The van der Waals surface area contributed by atoms with Crippen LogP contribution in [0, 0.1) is 27.4 Å². The molecule has 94 valence electrons. The number of nitrogens with zero attached hydrogens (tertiary/aromatic N) is 2.